The maximum atomic E-state index is 5.64. The van der Waals surface area contributed by atoms with E-state index in [1.54, 1.807) is 5.01 Å². The highest BCUT2D eigenvalue weighted by molar-refractivity contribution is 4.72. The van der Waals surface area contributed by atoms with Gasteiger partial charge in [0.15, 0.2) is 0 Å². The van der Waals surface area contributed by atoms with Crippen molar-refractivity contribution in [3.8, 4) is 0 Å². The predicted molar refractivity (Wildman–Crippen MR) is 95.8 cm³/mol. The molecule has 1 aliphatic carbocycles. The summed E-state index contributed by atoms with van der Waals surface area (Å²) in [4.78, 5) is 0. The minimum atomic E-state index is 0.0872. The third-order valence-corrected chi connectivity index (χ3v) is 3.90. The highest BCUT2D eigenvalue weighted by Gasteiger charge is 2.17. The summed E-state index contributed by atoms with van der Waals surface area (Å²) in [5.41, 5.74) is 11.0. The minimum Gasteiger partial charge on any atom is -0.330 e. The molecule has 0 saturated heterocycles. The molecule has 0 aromatic heterocycles. The lowest BCUT2D eigenvalue weighted by Gasteiger charge is -2.28. The van der Waals surface area contributed by atoms with Gasteiger partial charge in [0.2, 0.25) is 0 Å². The Bertz CT molecular complexity index is 201. The molecule has 4 heteroatoms. The quantitative estimate of drug-likeness (QED) is 0.539. The number of hydrogen-bond acceptors (Lipinski definition) is 4. The molecule has 0 atom stereocenters. The van der Waals surface area contributed by atoms with Gasteiger partial charge in [0.25, 0.3) is 0 Å². The van der Waals surface area contributed by atoms with E-state index >= 15 is 0 Å². The summed E-state index contributed by atoms with van der Waals surface area (Å²) in [5.74, 6) is 7.68. The lowest BCUT2D eigenvalue weighted by Crippen LogP contribution is -2.44. The molecular weight excluding hydrogens is 260 g/mol. The van der Waals surface area contributed by atoms with E-state index in [0.717, 1.165) is 24.9 Å². The normalized spacial score (nSPS) is 22.0. The van der Waals surface area contributed by atoms with Crippen LogP contribution in [0.15, 0.2) is 0 Å². The van der Waals surface area contributed by atoms with Crippen molar-refractivity contribution in [3.05, 3.63) is 0 Å². The summed E-state index contributed by atoms with van der Waals surface area (Å²) < 4.78 is 0. The van der Waals surface area contributed by atoms with Crippen molar-refractivity contribution in [1.82, 2.24) is 5.01 Å². The molecule has 0 aliphatic heterocycles. The average Bonchev–Trinajstić information content (AvgIpc) is 2.45. The maximum Gasteiger partial charge on any atom is 0.0251 e. The molecule has 130 valence electrons. The van der Waals surface area contributed by atoms with Crippen LogP contribution in [0.3, 0.4) is 0 Å². The highest BCUT2D eigenvalue weighted by Crippen LogP contribution is 2.27. The summed E-state index contributed by atoms with van der Waals surface area (Å²) in [6.07, 6.45) is 5.89. The zero-order valence-corrected chi connectivity index (χ0v) is 15.5. The molecule has 1 aliphatic rings. The van der Waals surface area contributed by atoms with Crippen molar-refractivity contribution in [2.45, 2.75) is 67.2 Å². The Kier molecular flexibility index (Phi) is 14.9. The van der Waals surface area contributed by atoms with E-state index in [1.807, 2.05) is 13.8 Å². The van der Waals surface area contributed by atoms with Crippen LogP contribution in [0.4, 0.5) is 0 Å². The summed E-state index contributed by atoms with van der Waals surface area (Å²) in [6, 6.07) is 0. The SMILES string of the molecule is CC.CC(C)(CN)CN(N)CCN.CC1CCC(C)CC1. The lowest BCUT2D eigenvalue weighted by atomic mass is 9.84. The second-order valence-corrected chi connectivity index (χ2v) is 6.99. The fourth-order valence-corrected chi connectivity index (χ4v) is 2.29. The van der Waals surface area contributed by atoms with Crippen LogP contribution in [-0.2, 0) is 0 Å². The van der Waals surface area contributed by atoms with Crippen molar-refractivity contribution in [2.24, 2.45) is 34.6 Å². The van der Waals surface area contributed by atoms with Crippen LogP contribution >= 0.6 is 0 Å². The van der Waals surface area contributed by atoms with Crippen molar-refractivity contribution < 1.29 is 0 Å². The van der Waals surface area contributed by atoms with Gasteiger partial charge in [0.05, 0.1) is 0 Å². The second-order valence-electron chi connectivity index (χ2n) is 6.99. The van der Waals surface area contributed by atoms with Crippen molar-refractivity contribution >= 4 is 0 Å². The zero-order chi connectivity index (χ0) is 16.9. The Morgan fingerprint density at radius 1 is 0.952 bits per heavy atom. The van der Waals surface area contributed by atoms with Gasteiger partial charge in [-0.15, -0.1) is 0 Å². The molecular formula is C17H42N4. The van der Waals surface area contributed by atoms with E-state index in [9.17, 15) is 0 Å². The zero-order valence-electron chi connectivity index (χ0n) is 15.5. The molecule has 0 aromatic carbocycles. The van der Waals surface area contributed by atoms with Gasteiger partial charge in [-0.2, -0.15) is 0 Å². The van der Waals surface area contributed by atoms with Gasteiger partial charge in [-0.25, -0.2) is 5.01 Å². The van der Waals surface area contributed by atoms with Crippen LogP contribution in [0.1, 0.15) is 67.2 Å². The Hall–Kier alpha value is -0.160. The fourth-order valence-electron chi connectivity index (χ4n) is 2.29. The molecule has 0 amide bonds. The van der Waals surface area contributed by atoms with Crippen LogP contribution in [0, 0.1) is 17.3 Å². The standard InChI is InChI=1S/C8H16.C7H20N4.C2H6/c1-7-3-5-8(2)6-4-7;1-7(2,5-9)6-11(10)4-3-8;1-2/h7-8H,3-6H2,1-2H3;3-6,8-10H2,1-2H3;1-2H3. The molecule has 6 N–H and O–H groups in total. The first-order valence-electron chi connectivity index (χ1n) is 8.70. The molecule has 1 fully saturated rings. The first kappa shape index (κ1) is 23.1. The largest absolute Gasteiger partial charge is 0.330 e. The first-order valence-corrected chi connectivity index (χ1v) is 8.70. The maximum absolute atomic E-state index is 5.64. The molecule has 0 bridgehead atoms. The summed E-state index contributed by atoms with van der Waals surface area (Å²) in [7, 11) is 0. The Labute approximate surface area is 133 Å². The Morgan fingerprint density at radius 3 is 1.62 bits per heavy atom. The molecule has 0 aromatic rings. The van der Waals surface area contributed by atoms with E-state index in [-0.39, 0.29) is 5.41 Å². The van der Waals surface area contributed by atoms with Crippen LogP contribution in [0.5, 0.6) is 0 Å². The van der Waals surface area contributed by atoms with Gasteiger partial charge >= 0.3 is 0 Å². The number of hydrogen-bond donors (Lipinski definition) is 3. The molecule has 4 nitrogen and oxygen atoms in total. The summed E-state index contributed by atoms with van der Waals surface area (Å²) >= 11 is 0. The van der Waals surface area contributed by atoms with E-state index in [4.69, 9.17) is 17.3 Å². The van der Waals surface area contributed by atoms with Gasteiger partial charge in [-0.05, 0) is 23.8 Å². The second kappa shape index (κ2) is 13.5. The predicted octanol–water partition coefficient (Wildman–Crippen LogP) is 2.96. The third-order valence-electron chi connectivity index (χ3n) is 3.90. The van der Waals surface area contributed by atoms with E-state index in [1.165, 1.54) is 25.7 Å². The fraction of sp³-hybridized carbons (Fsp3) is 1.00. The topological polar surface area (TPSA) is 81.3 Å². The van der Waals surface area contributed by atoms with Crippen LogP contribution in [0.25, 0.3) is 0 Å². The molecule has 1 saturated carbocycles. The molecule has 0 heterocycles. The highest BCUT2D eigenvalue weighted by atomic mass is 15.4. The molecule has 0 radical (unpaired) electrons. The first-order chi connectivity index (χ1) is 9.80. The van der Waals surface area contributed by atoms with Crippen molar-refractivity contribution in [2.75, 3.05) is 26.2 Å². The van der Waals surface area contributed by atoms with Gasteiger partial charge in [-0.3, -0.25) is 5.84 Å². The number of nitrogens with zero attached hydrogens (tertiary/aromatic N) is 1. The van der Waals surface area contributed by atoms with Gasteiger partial charge in [-0.1, -0.05) is 67.2 Å². The smallest absolute Gasteiger partial charge is 0.0251 e. The number of rotatable bonds is 5. The average molecular weight is 303 g/mol. The van der Waals surface area contributed by atoms with Gasteiger partial charge in [0.1, 0.15) is 0 Å². The minimum absolute atomic E-state index is 0.0872. The van der Waals surface area contributed by atoms with E-state index in [2.05, 4.69) is 27.7 Å². The number of nitrogens with two attached hydrogens (primary N) is 3. The molecule has 1 rings (SSSR count). The van der Waals surface area contributed by atoms with Gasteiger partial charge in [0, 0.05) is 19.6 Å². The van der Waals surface area contributed by atoms with Crippen LogP contribution in [0.2, 0.25) is 0 Å². The third kappa shape index (κ3) is 14.5. The van der Waals surface area contributed by atoms with Crippen molar-refractivity contribution in [1.29, 1.82) is 0 Å². The number of hydrazine groups is 1. The summed E-state index contributed by atoms with van der Waals surface area (Å²) in [5, 5.41) is 1.72. The van der Waals surface area contributed by atoms with Crippen molar-refractivity contribution in [3.63, 3.8) is 0 Å². The van der Waals surface area contributed by atoms with Crippen LogP contribution in [-0.4, -0.2) is 31.2 Å². The molecule has 0 spiro atoms. The Morgan fingerprint density at radius 2 is 1.33 bits per heavy atom. The monoisotopic (exact) mass is 302 g/mol. The lowest BCUT2D eigenvalue weighted by molar-refractivity contribution is 0.190. The van der Waals surface area contributed by atoms with Gasteiger partial charge < -0.3 is 11.5 Å². The summed E-state index contributed by atoms with van der Waals surface area (Å²) in [6.45, 7) is 15.7. The van der Waals surface area contributed by atoms with E-state index in [0.29, 0.717) is 13.1 Å². The molecule has 0 unspecified atom stereocenters. The molecule has 21 heavy (non-hydrogen) atoms. The van der Waals surface area contributed by atoms with Crippen LogP contribution < -0.4 is 17.3 Å². The van der Waals surface area contributed by atoms with E-state index < -0.39 is 0 Å². The Balaban J connectivity index is 0.